The zero-order valence-electron chi connectivity index (χ0n) is 10.0. The minimum atomic E-state index is -2.95. The van der Waals surface area contributed by atoms with E-state index >= 15 is 0 Å². The van der Waals surface area contributed by atoms with Crippen LogP contribution < -0.4 is 0 Å². The third-order valence-corrected chi connectivity index (χ3v) is 1.21. The van der Waals surface area contributed by atoms with Crippen LogP contribution in [0.15, 0.2) is 0 Å². The Labute approximate surface area is 74.5 Å². The van der Waals surface area contributed by atoms with Gasteiger partial charge in [-0.2, -0.15) is 0 Å². The molecule has 6 nitrogen and oxygen atoms in total. The highest BCUT2D eigenvalue weighted by molar-refractivity contribution is 5.87. The summed E-state index contributed by atoms with van der Waals surface area (Å²) >= 11 is 0. The van der Waals surface area contributed by atoms with E-state index in [4.69, 9.17) is 20.9 Å². The van der Waals surface area contributed by atoms with Crippen molar-refractivity contribution in [1.82, 2.24) is 0 Å². The first-order chi connectivity index (χ1) is 7.31. The van der Waals surface area contributed by atoms with Crippen molar-refractivity contribution < 1.29 is 33.1 Å². The molecule has 6 heteroatoms. The number of rotatable bonds is 7. The van der Waals surface area contributed by atoms with Gasteiger partial charge in [0.05, 0.1) is 15.9 Å². The molecule has 0 amide bonds. The van der Waals surface area contributed by atoms with E-state index in [2.05, 4.69) is 10.2 Å². The van der Waals surface area contributed by atoms with Crippen LogP contribution >= 0.6 is 0 Å². The lowest BCUT2D eigenvalue weighted by molar-refractivity contribution is -0.144. The van der Waals surface area contributed by atoms with E-state index in [1.165, 1.54) is 0 Å². The summed E-state index contributed by atoms with van der Waals surface area (Å²) in [5.74, 6) is -1.41. The van der Waals surface area contributed by atoms with Gasteiger partial charge in [-0.3, -0.25) is 4.79 Å². The van der Waals surface area contributed by atoms with Gasteiger partial charge in [-0.1, -0.05) is 0 Å². The molecule has 0 aromatic rings. The predicted molar refractivity (Wildman–Crippen MR) is 37.2 cm³/mol. The molecule has 0 saturated carbocycles. The molecule has 0 fully saturated rings. The molecule has 3 atom stereocenters. The van der Waals surface area contributed by atoms with Crippen LogP contribution in [0.2, 0.25) is 0 Å². The highest BCUT2D eigenvalue weighted by atomic mass is 16.4. The molecule has 0 aromatic carbocycles. The molecular weight excluding hydrogens is 168 g/mol. The van der Waals surface area contributed by atoms with Crippen molar-refractivity contribution >= 4 is 5.78 Å². The molecule has 0 saturated heterocycles. The molecule has 72 valence electrons. The molecule has 5 N–H and O–H groups in total. The summed E-state index contributed by atoms with van der Waals surface area (Å²) in [6.07, 6.45) is -6.17. The van der Waals surface area contributed by atoms with Crippen LogP contribution in [0.1, 0.15) is 2.74 Å². The van der Waals surface area contributed by atoms with Gasteiger partial charge in [-0.05, 0) is 0 Å². The van der Waals surface area contributed by atoms with E-state index < -0.39 is 37.3 Å². The second-order valence-electron chi connectivity index (χ2n) is 2.10. The largest absolute Gasteiger partial charge is 0.394 e. The Morgan fingerprint density at radius 1 is 1.58 bits per heavy atom. The van der Waals surface area contributed by atoms with Crippen LogP contribution in [0.4, 0.5) is 0 Å². The van der Waals surface area contributed by atoms with Gasteiger partial charge in [0.15, 0.2) is 5.78 Å². The van der Waals surface area contributed by atoms with E-state index in [-0.39, 0.29) is 0 Å². The van der Waals surface area contributed by atoms with Crippen LogP contribution in [0.25, 0.3) is 0 Å². The lowest BCUT2D eigenvalue weighted by atomic mass is 10.1. The van der Waals surface area contributed by atoms with Crippen molar-refractivity contribution in [2.45, 2.75) is 18.3 Å². The van der Waals surface area contributed by atoms with Crippen LogP contribution in [-0.2, 0) is 4.79 Å². The average molecular weight is 188 g/mol. The Morgan fingerprint density at radius 3 is 2.67 bits per heavy atom. The molecule has 0 heterocycles. The van der Waals surface area contributed by atoms with Gasteiger partial charge >= 0.3 is 0 Å². The zero-order chi connectivity index (χ0) is 12.9. The van der Waals surface area contributed by atoms with Crippen molar-refractivity contribution in [3.8, 4) is 0 Å². The van der Waals surface area contributed by atoms with Gasteiger partial charge in [0.25, 0.3) is 0 Å². The van der Waals surface area contributed by atoms with Crippen LogP contribution in [0.3, 0.4) is 0 Å². The first kappa shape index (κ1) is 6.01. The van der Waals surface area contributed by atoms with E-state index in [1.807, 2.05) is 0 Å². The lowest BCUT2D eigenvalue weighted by Crippen LogP contribution is -2.43. The summed E-state index contributed by atoms with van der Waals surface area (Å²) in [5.41, 5.74) is 0. The number of Topliss-reactive ketones (excluding diaryl/α,β-unsaturated/α-hetero) is 1. The van der Waals surface area contributed by atoms with Crippen LogP contribution in [0.5, 0.6) is 0 Å². The standard InChI is InChI=1S/C6H12O6/c7-1-3(9)5(11)6(12)4(10)2-8/h3-5,7-11H,1-2H2/t3-,4-,5-/m1/s1/i2T2,8T,10T. The van der Waals surface area contributed by atoms with Gasteiger partial charge in [0.1, 0.15) is 18.3 Å². The summed E-state index contributed by atoms with van der Waals surface area (Å²) in [4.78, 5) is 11.3. The van der Waals surface area contributed by atoms with E-state index in [1.54, 1.807) is 0 Å². The zero-order valence-corrected chi connectivity index (χ0v) is 6.01. The molecule has 0 aliphatic heterocycles. The Morgan fingerprint density at radius 2 is 2.25 bits per heavy atom. The number of aliphatic hydroxyl groups is 5. The van der Waals surface area contributed by atoms with Crippen molar-refractivity contribution in [3.63, 3.8) is 0 Å². The van der Waals surface area contributed by atoms with Crippen LogP contribution in [-0.4, -0.2) is 65.7 Å². The highest BCUT2D eigenvalue weighted by Crippen LogP contribution is 1.98. The Balaban J connectivity index is 4.79. The third-order valence-electron chi connectivity index (χ3n) is 1.21. The van der Waals surface area contributed by atoms with Gasteiger partial charge in [0.2, 0.25) is 2.86 Å². The fourth-order valence-electron chi connectivity index (χ4n) is 0.503. The normalized spacial score (nSPS) is 24.2. The number of ketones is 1. The summed E-state index contributed by atoms with van der Waals surface area (Å²) in [6, 6.07) is 0. The van der Waals surface area contributed by atoms with Crippen molar-refractivity contribution in [3.05, 3.63) is 0 Å². The molecular formula is C6H12O6. The molecule has 0 aromatic heterocycles. The summed E-state index contributed by atoms with van der Waals surface area (Å²) in [6.45, 7) is -3.88. The second-order valence-corrected chi connectivity index (χ2v) is 2.10. The summed E-state index contributed by atoms with van der Waals surface area (Å²) < 4.78 is 26.8. The molecule has 0 radical (unpaired) electrons. The molecule has 0 bridgehead atoms. The Hall–Kier alpha value is -0.530. The smallest absolute Gasteiger partial charge is 0.211 e. The predicted octanol–water partition coefficient (Wildman–Crippen LogP) is -3.38. The summed E-state index contributed by atoms with van der Waals surface area (Å²) in [5, 5.41) is 33.8. The van der Waals surface area contributed by atoms with Crippen LogP contribution in [0, 0.1) is 0 Å². The van der Waals surface area contributed by atoms with Crippen molar-refractivity contribution in [2.75, 3.05) is 13.2 Å². The third kappa shape index (κ3) is 2.84. The number of hydrogen-bond donors (Lipinski definition) is 5. The fourth-order valence-corrected chi connectivity index (χ4v) is 0.503. The quantitative estimate of drug-likeness (QED) is 0.284. The highest BCUT2D eigenvalue weighted by Gasteiger charge is 2.28. The number of carbonyl (C=O) groups is 1. The maximum atomic E-state index is 11.3. The Kier molecular flexibility index (Phi) is 2.59. The van der Waals surface area contributed by atoms with Gasteiger partial charge in [-0.25, -0.2) is 0 Å². The van der Waals surface area contributed by atoms with Crippen molar-refractivity contribution in [2.24, 2.45) is 0 Å². The number of aliphatic hydroxyl groups excluding tert-OH is 4. The molecule has 0 spiro atoms. The van der Waals surface area contributed by atoms with E-state index in [0.717, 1.165) is 0 Å². The Bertz CT molecular complexity index is 237. The fraction of sp³-hybridized carbons (Fsp3) is 0.833. The van der Waals surface area contributed by atoms with Gasteiger partial charge in [-0.15, -0.1) is 0 Å². The van der Waals surface area contributed by atoms with E-state index in [9.17, 15) is 4.79 Å². The molecule has 0 unspecified atom stereocenters. The van der Waals surface area contributed by atoms with Gasteiger partial charge in [0, 0.05) is 0 Å². The number of carbonyl (C=O) groups excluding carboxylic acids is 1. The minimum Gasteiger partial charge on any atom is -0.394 e. The number of hydrogen-bond acceptors (Lipinski definition) is 6. The van der Waals surface area contributed by atoms with Crippen molar-refractivity contribution in [1.29, 1.82) is 2.86 Å². The lowest BCUT2D eigenvalue weighted by Gasteiger charge is -2.16. The SMILES string of the molecule is [3H]O[C@@H](C(=O)[C@H](O)[C@H](O)CO)C([3H])([3H])O[3H]. The summed E-state index contributed by atoms with van der Waals surface area (Å²) in [7, 11) is 0. The topological polar surface area (TPSA) is 118 Å². The monoisotopic (exact) mass is 188 g/mol. The maximum absolute atomic E-state index is 11.3. The van der Waals surface area contributed by atoms with E-state index in [0.29, 0.717) is 0 Å². The maximum Gasteiger partial charge on any atom is 0.211 e. The molecule has 0 rings (SSSR count). The molecule has 0 aliphatic carbocycles. The first-order valence-electron chi connectivity index (χ1n) is 4.90. The molecule has 12 heavy (non-hydrogen) atoms. The molecule has 0 aliphatic rings. The minimum absolute atomic E-state index is 0.928. The second kappa shape index (κ2) is 5.18. The van der Waals surface area contributed by atoms with Gasteiger partial charge < -0.3 is 25.5 Å². The first-order valence-corrected chi connectivity index (χ1v) is 3.08. The average Bonchev–Trinajstić information content (AvgIpc) is 2.27.